The van der Waals surface area contributed by atoms with E-state index in [1.165, 1.54) is 16.4 Å². The number of benzene rings is 2. The van der Waals surface area contributed by atoms with Crippen LogP contribution in [0, 0.1) is 0 Å². The van der Waals surface area contributed by atoms with Gasteiger partial charge in [-0.3, -0.25) is 9.03 Å². The SMILES string of the molecule is O=S(=O)(Nc1ccc2c(c1)N(S(=O)(=O)c1ccccc1)CCC2)c1ccc(Cl)s1. The summed E-state index contributed by atoms with van der Waals surface area (Å²) in [6, 6.07) is 16.1. The molecule has 0 spiro atoms. The van der Waals surface area contributed by atoms with Gasteiger partial charge in [-0.1, -0.05) is 35.9 Å². The van der Waals surface area contributed by atoms with Gasteiger partial charge in [0.1, 0.15) is 4.21 Å². The van der Waals surface area contributed by atoms with Gasteiger partial charge in [0.05, 0.1) is 20.6 Å². The first-order chi connectivity index (χ1) is 13.8. The molecule has 0 saturated carbocycles. The van der Waals surface area contributed by atoms with Crippen molar-refractivity contribution in [3.05, 3.63) is 70.6 Å². The molecule has 1 N–H and O–H groups in total. The fourth-order valence-corrected chi connectivity index (χ4v) is 7.31. The molecule has 0 radical (unpaired) electrons. The Morgan fingerprint density at radius 1 is 0.966 bits per heavy atom. The van der Waals surface area contributed by atoms with Crippen molar-refractivity contribution >= 4 is 54.4 Å². The summed E-state index contributed by atoms with van der Waals surface area (Å²) in [6.45, 7) is 0.334. The monoisotopic (exact) mass is 468 g/mol. The Bertz CT molecular complexity index is 1260. The van der Waals surface area contributed by atoms with E-state index >= 15 is 0 Å². The van der Waals surface area contributed by atoms with E-state index in [-0.39, 0.29) is 9.10 Å². The molecule has 2 heterocycles. The van der Waals surface area contributed by atoms with Gasteiger partial charge in [0.15, 0.2) is 0 Å². The second kappa shape index (κ2) is 7.64. The minimum absolute atomic E-state index is 0.0917. The number of nitrogens with one attached hydrogen (secondary N) is 1. The van der Waals surface area contributed by atoms with Crippen LogP contribution in [0.25, 0.3) is 0 Å². The Morgan fingerprint density at radius 2 is 1.72 bits per heavy atom. The molecule has 0 amide bonds. The van der Waals surface area contributed by atoms with Gasteiger partial charge in [-0.15, -0.1) is 11.3 Å². The van der Waals surface area contributed by atoms with E-state index in [1.54, 1.807) is 48.5 Å². The smallest absolute Gasteiger partial charge is 0.271 e. The van der Waals surface area contributed by atoms with E-state index < -0.39 is 20.0 Å². The highest BCUT2D eigenvalue weighted by atomic mass is 35.5. The number of thiophene rings is 1. The number of hydrogen-bond acceptors (Lipinski definition) is 5. The normalized spacial score (nSPS) is 14.4. The van der Waals surface area contributed by atoms with Crippen LogP contribution in [0.3, 0.4) is 0 Å². The zero-order valence-electron chi connectivity index (χ0n) is 15.1. The Balaban J connectivity index is 1.71. The number of hydrogen-bond donors (Lipinski definition) is 1. The molecule has 1 aromatic heterocycles. The molecule has 0 atom stereocenters. The maximum absolute atomic E-state index is 13.1. The fourth-order valence-electron chi connectivity index (χ4n) is 3.22. The third kappa shape index (κ3) is 4.00. The Hall–Kier alpha value is -2.07. The number of halogens is 1. The van der Waals surface area contributed by atoms with Crippen molar-refractivity contribution in [2.75, 3.05) is 15.6 Å². The summed E-state index contributed by atoms with van der Waals surface area (Å²) in [5.41, 5.74) is 1.64. The lowest BCUT2D eigenvalue weighted by Gasteiger charge is -2.31. The summed E-state index contributed by atoms with van der Waals surface area (Å²) < 4.78 is 55.8. The van der Waals surface area contributed by atoms with E-state index in [0.29, 0.717) is 28.7 Å². The molecule has 1 aliphatic heterocycles. The van der Waals surface area contributed by atoms with E-state index in [2.05, 4.69) is 4.72 Å². The minimum Gasteiger partial charge on any atom is -0.279 e. The summed E-state index contributed by atoms with van der Waals surface area (Å²) in [5, 5.41) is 0. The molecular formula is C19H17ClN2O4S3. The number of anilines is 2. The number of sulfonamides is 2. The van der Waals surface area contributed by atoms with E-state index in [0.717, 1.165) is 23.3 Å². The highest BCUT2D eigenvalue weighted by Crippen LogP contribution is 2.35. The molecule has 10 heteroatoms. The molecule has 0 saturated heterocycles. The first-order valence-electron chi connectivity index (χ1n) is 8.76. The standard InChI is InChI=1S/C19H17ClN2O4S3/c20-18-10-11-19(27-18)28(23,24)21-15-9-8-14-5-4-12-22(17(14)13-15)29(25,26)16-6-2-1-3-7-16/h1-3,6-11,13,21H,4-5,12H2. The lowest BCUT2D eigenvalue weighted by molar-refractivity contribution is 0.586. The van der Waals surface area contributed by atoms with Crippen molar-refractivity contribution in [1.29, 1.82) is 0 Å². The van der Waals surface area contributed by atoms with Crippen LogP contribution in [0.5, 0.6) is 0 Å². The van der Waals surface area contributed by atoms with Crippen LogP contribution in [0.1, 0.15) is 12.0 Å². The second-order valence-corrected chi connectivity index (χ2v) is 12.0. The molecule has 0 bridgehead atoms. The lowest BCUT2D eigenvalue weighted by Crippen LogP contribution is -2.35. The van der Waals surface area contributed by atoms with Gasteiger partial charge >= 0.3 is 0 Å². The third-order valence-corrected chi connectivity index (χ3v) is 9.49. The Labute approximate surface area is 178 Å². The van der Waals surface area contributed by atoms with Gasteiger partial charge in [0, 0.05) is 6.54 Å². The van der Waals surface area contributed by atoms with Crippen LogP contribution >= 0.6 is 22.9 Å². The van der Waals surface area contributed by atoms with Crippen LogP contribution in [0.2, 0.25) is 4.34 Å². The van der Waals surface area contributed by atoms with Crippen LogP contribution in [-0.2, 0) is 26.5 Å². The maximum atomic E-state index is 13.1. The molecule has 4 rings (SSSR count). The average molecular weight is 469 g/mol. The van der Waals surface area contributed by atoms with Gasteiger partial charge in [-0.05, 0) is 54.8 Å². The molecule has 0 fully saturated rings. The van der Waals surface area contributed by atoms with Crippen LogP contribution < -0.4 is 9.03 Å². The first-order valence-corrected chi connectivity index (χ1v) is 12.9. The molecule has 152 valence electrons. The van der Waals surface area contributed by atoms with E-state index in [4.69, 9.17) is 11.6 Å². The molecule has 29 heavy (non-hydrogen) atoms. The topological polar surface area (TPSA) is 83.6 Å². The molecule has 2 aromatic carbocycles. The van der Waals surface area contributed by atoms with Gasteiger partial charge in [0.25, 0.3) is 20.0 Å². The number of nitrogens with zero attached hydrogens (tertiary/aromatic N) is 1. The molecular weight excluding hydrogens is 452 g/mol. The highest BCUT2D eigenvalue weighted by Gasteiger charge is 2.29. The predicted molar refractivity (Wildman–Crippen MR) is 116 cm³/mol. The molecule has 3 aromatic rings. The summed E-state index contributed by atoms with van der Waals surface area (Å²) in [5.74, 6) is 0. The lowest BCUT2D eigenvalue weighted by atomic mass is 10.0. The van der Waals surface area contributed by atoms with Crippen molar-refractivity contribution in [2.24, 2.45) is 0 Å². The number of aryl methyl sites for hydroxylation is 1. The van der Waals surface area contributed by atoms with Crippen molar-refractivity contribution in [2.45, 2.75) is 21.9 Å². The summed E-state index contributed by atoms with van der Waals surface area (Å²) in [7, 11) is -7.55. The zero-order valence-corrected chi connectivity index (χ0v) is 18.3. The van der Waals surface area contributed by atoms with Gasteiger partial charge in [-0.2, -0.15) is 0 Å². The van der Waals surface area contributed by atoms with E-state index in [1.807, 2.05) is 0 Å². The van der Waals surface area contributed by atoms with Crippen LogP contribution in [0.4, 0.5) is 11.4 Å². The Morgan fingerprint density at radius 3 is 2.41 bits per heavy atom. The third-order valence-electron chi connectivity index (χ3n) is 4.56. The van der Waals surface area contributed by atoms with E-state index in [9.17, 15) is 16.8 Å². The molecule has 1 aliphatic rings. The van der Waals surface area contributed by atoms with Gasteiger partial charge < -0.3 is 0 Å². The number of fused-ring (bicyclic) bond motifs is 1. The van der Waals surface area contributed by atoms with Crippen LogP contribution in [0.15, 0.2) is 69.8 Å². The zero-order chi connectivity index (χ0) is 20.6. The van der Waals surface area contributed by atoms with Crippen molar-refractivity contribution in [3.8, 4) is 0 Å². The van der Waals surface area contributed by atoms with Crippen molar-refractivity contribution < 1.29 is 16.8 Å². The molecule has 0 unspecified atom stereocenters. The van der Waals surface area contributed by atoms with Crippen molar-refractivity contribution in [3.63, 3.8) is 0 Å². The number of rotatable bonds is 5. The quantitative estimate of drug-likeness (QED) is 0.603. The molecule has 0 aliphatic carbocycles. The highest BCUT2D eigenvalue weighted by molar-refractivity contribution is 7.94. The largest absolute Gasteiger partial charge is 0.279 e. The summed E-state index contributed by atoms with van der Waals surface area (Å²) in [6.07, 6.45) is 1.42. The maximum Gasteiger partial charge on any atom is 0.271 e. The summed E-state index contributed by atoms with van der Waals surface area (Å²) in [4.78, 5) is 0.201. The Kier molecular flexibility index (Phi) is 5.32. The summed E-state index contributed by atoms with van der Waals surface area (Å²) >= 11 is 6.80. The minimum atomic E-state index is -3.81. The van der Waals surface area contributed by atoms with Crippen LogP contribution in [-0.4, -0.2) is 23.4 Å². The van der Waals surface area contributed by atoms with Gasteiger partial charge in [-0.25, -0.2) is 16.8 Å². The average Bonchev–Trinajstić information content (AvgIpc) is 3.15. The first kappa shape index (κ1) is 20.2. The fraction of sp³-hybridized carbons (Fsp3) is 0.158. The predicted octanol–water partition coefficient (Wildman–Crippen LogP) is 4.34. The molecule has 6 nitrogen and oxygen atoms in total. The second-order valence-electron chi connectivity index (χ2n) is 6.50. The van der Waals surface area contributed by atoms with Crippen molar-refractivity contribution in [1.82, 2.24) is 0 Å². The van der Waals surface area contributed by atoms with Gasteiger partial charge in [0.2, 0.25) is 0 Å².